The fraction of sp³-hybridized carbons (Fsp3) is 0.174. The second-order valence-electron chi connectivity index (χ2n) is 6.49. The molecular weight excluding hydrogens is 366 g/mol. The van der Waals surface area contributed by atoms with Crippen LogP contribution in [0.4, 0.5) is 5.69 Å². The van der Waals surface area contributed by atoms with Crippen LogP contribution in [0.2, 0.25) is 0 Å². The van der Waals surface area contributed by atoms with Crippen molar-refractivity contribution < 1.29 is 14.3 Å². The Morgan fingerprint density at radius 3 is 2.45 bits per heavy atom. The molecule has 1 heterocycles. The lowest BCUT2D eigenvalue weighted by Gasteiger charge is -2.17. The lowest BCUT2D eigenvalue weighted by atomic mass is 10.1. The molecule has 6 nitrogen and oxygen atoms in total. The van der Waals surface area contributed by atoms with Crippen molar-refractivity contribution in [3.8, 4) is 5.75 Å². The van der Waals surface area contributed by atoms with E-state index >= 15 is 0 Å². The van der Waals surface area contributed by atoms with Gasteiger partial charge in [0.15, 0.2) is 0 Å². The zero-order valence-electron chi connectivity index (χ0n) is 16.5. The van der Waals surface area contributed by atoms with Gasteiger partial charge < -0.3 is 15.0 Å². The summed E-state index contributed by atoms with van der Waals surface area (Å²) in [5, 5.41) is 2.82. The van der Waals surface area contributed by atoms with Gasteiger partial charge in [-0.2, -0.15) is 0 Å². The summed E-state index contributed by atoms with van der Waals surface area (Å²) in [6.07, 6.45) is 2.90. The maximum Gasteiger partial charge on any atom is 0.257 e. The number of carbonyl (C=O) groups is 2. The molecule has 2 amide bonds. The minimum absolute atomic E-state index is 0.203. The Labute approximate surface area is 170 Å². The van der Waals surface area contributed by atoms with Crippen LogP contribution >= 0.6 is 0 Å². The van der Waals surface area contributed by atoms with Crippen LogP contribution in [0, 0.1) is 0 Å². The molecule has 0 fully saturated rings. The molecule has 0 aliphatic rings. The van der Waals surface area contributed by atoms with E-state index in [0.717, 1.165) is 5.56 Å². The van der Waals surface area contributed by atoms with Crippen LogP contribution in [0.5, 0.6) is 5.75 Å². The molecule has 0 aliphatic heterocycles. The van der Waals surface area contributed by atoms with Gasteiger partial charge in [-0.15, -0.1) is 0 Å². The van der Waals surface area contributed by atoms with E-state index in [9.17, 15) is 9.59 Å². The van der Waals surface area contributed by atoms with Crippen molar-refractivity contribution in [3.63, 3.8) is 0 Å². The van der Waals surface area contributed by atoms with Crippen LogP contribution in [0.15, 0.2) is 73.1 Å². The quantitative estimate of drug-likeness (QED) is 0.663. The molecule has 1 aromatic heterocycles. The maximum absolute atomic E-state index is 12.8. The predicted octanol–water partition coefficient (Wildman–Crippen LogP) is 4.00. The van der Waals surface area contributed by atoms with Crippen LogP contribution in [-0.4, -0.2) is 35.4 Å². The van der Waals surface area contributed by atoms with E-state index in [1.165, 1.54) is 12.4 Å². The number of amides is 2. The zero-order chi connectivity index (χ0) is 20.6. The first-order valence-electron chi connectivity index (χ1n) is 9.36. The second-order valence-corrected chi connectivity index (χ2v) is 6.49. The minimum atomic E-state index is -0.356. The standard InChI is InChI=1S/C23H23N3O3/c1-3-29-21-12-8-7-11-20(21)25-22(27)18-13-19(15-24-14-18)23(28)26(2)16-17-9-5-4-6-10-17/h4-15H,3,16H2,1-2H3,(H,25,27). The van der Waals surface area contributed by atoms with E-state index in [-0.39, 0.29) is 11.8 Å². The van der Waals surface area contributed by atoms with E-state index in [0.29, 0.717) is 35.7 Å². The van der Waals surface area contributed by atoms with Crippen molar-refractivity contribution in [1.29, 1.82) is 0 Å². The number of nitrogens with zero attached hydrogens (tertiary/aromatic N) is 2. The lowest BCUT2D eigenvalue weighted by Crippen LogP contribution is -2.26. The average molecular weight is 389 g/mol. The summed E-state index contributed by atoms with van der Waals surface area (Å²) in [5.41, 5.74) is 2.25. The molecule has 0 saturated carbocycles. The number of carbonyl (C=O) groups excluding carboxylic acids is 2. The van der Waals surface area contributed by atoms with Gasteiger partial charge in [0.05, 0.1) is 23.4 Å². The summed E-state index contributed by atoms with van der Waals surface area (Å²) in [5.74, 6) is 0.0295. The van der Waals surface area contributed by atoms with Crippen LogP contribution in [0.3, 0.4) is 0 Å². The number of benzene rings is 2. The first kappa shape index (κ1) is 20.1. The Morgan fingerprint density at radius 1 is 1.00 bits per heavy atom. The van der Waals surface area contributed by atoms with Gasteiger partial charge in [0, 0.05) is 26.0 Å². The second kappa shape index (κ2) is 9.50. The van der Waals surface area contributed by atoms with Gasteiger partial charge in [-0.3, -0.25) is 14.6 Å². The number of hydrogen-bond acceptors (Lipinski definition) is 4. The highest BCUT2D eigenvalue weighted by Gasteiger charge is 2.16. The SMILES string of the molecule is CCOc1ccccc1NC(=O)c1cncc(C(=O)N(C)Cc2ccccc2)c1. The first-order chi connectivity index (χ1) is 14.1. The van der Waals surface area contributed by atoms with Gasteiger partial charge >= 0.3 is 0 Å². The van der Waals surface area contributed by atoms with Gasteiger partial charge in [0.2, 0.25) is 0 Å². The van der Waals surface area contributed by atoms with Gasteiger partial charge in [0.1, 0.15) is 5.75 Å². The topological polar surface area (TPSA) is 71.5 Å². The lowest BCUT2D eigenvalue weighted by molar-refractivity contribution is 0.0784. The number of rotatable bonds is 7. The van der Waals surface area contributed by atoms with Gasteiger partial charge in [0.25, 0.3) is 11.8 Å². The predicted molar refractivity (Wildman–Crippen MR) is 112 cm³/mol. The number of nitrogens with one attached hydrogen (secondary N) is 1. The molecule has 3 aromatic rings. The largest absolute Gasteiger partial charge is 0.492 e. The fourth-order valence-electron chi connectivity index (χ4n) is 2.88. The third-order valence-electron chi connectivity index (χ3n) is 4.29. The van der Waals surface area contributed by atoms with E-state index in [1.54, 1.807) is 30.1 Å². The Morgan fingerprint density at radius 2 is 1.69 bits per heavy atom. The van der Waals surface area contributed by atoms with Gasteiger partial charge in [-0.05, 0) is 30.7 Å². The molecule has 1 N–H and O–H groups in total. The van der Waals surface area contributed by atoms with Crippen LogP contribution in [0.1, 0.15) is 33.2 Å². The Hall–Kier alpha value is -3.67. The summed E-state index contributed by atoms with van der Waals surface area (Å²) >= 11 is 0. The summed E-state index contributed by atoms with van der Waals surface area (Å²) < 4.78 is 5.53. The number of para-hydroxylation sites is 2. The summed E-state index contributed by atoms with van der Waals surface area (Å²) in [6, 6.07) is 18.5. The van der Waals surface area contributed by atoms with Crippen LogP contribution < -0.4 is 10.1 Å². The van der Waals surface area contributed by atoms with Crippen LogP contribution in [0.25, 0.3) is 0 Å². The van der Waals surface area contributed by atoms with E-state index < -0.39 is 0 Å². The summed E-state index contributed by atoms with van der Waals surface area (Å²) in [7, 11) is 1.72. The van der Waals surface area contributed by atoms with Crippen molar-refractivity contribution in [3.05, 3.63) is 89.7 Å². The van der Waals surface area contributed by atoms with Crippen molar-refractivity contribution in [2.45, 2.75) is 13.5 Å². The maximum atomic E-state index is 12.8. The molecule has 29 heavy (non-hydrogen) atoms. The third-order valence-corrected chi connectivity index (χ3v) is 4.29. The normalized spacial score (nSPS) is 10.3. The molecule has 148 valence electrons. The molecule has 2 aromatic carbocycles. The number of anilines is 1. The molecular formula is C23H23N3O3. The highest BCUT2D eigenvalue weighted by atomic mass is 16.5. The zero-order valence-corrected chi connectivity index (χ0v) is 16.5. The molecule has 0 saturated heterocycles. The average Bonchev–Trinajstić information content (AvgIpc) is 2.75. The van der Waals surface area contributed by atoms with E-state index in [4.69, 9.17) is 4.74 Å². The number of aromatic nitrogens is 1. The van der Waals surface area contributed by atoms with Crippen LogP contribution in [-0.2, 0) is 6.54 Å². The van der Waals surface area contributed by atoms with E-state index in [2.05, 4.69) is 10.3 Å². The Balaban J connectivity index is 1.73. The van der Waals surface area contributed by atoms with E-state index in [1.807, 2.05) is 49.4 Å². The van der Waals surface area contributed by atoms with Crippen molar-refractivity contribution >= 4 is 17.5 Å². The molecule has 0 unspecified atom stereocenters. The Kier molecular flexibility index (Phi) is 6.58. The third kappa shape index (κ3) is 5.19. The summed E-state index contributed by atoms with van der Waals surface area (Å²) in [6.45, 7) is 2.84. The number of pyridine rings is 1. The number of hydrogen-bond donors (Lipinski definition) is 1. The molecule has 0 atom stereocenters. The monoisotopic (exact) mass is 389 g/mol. The minimum Gasteiger partial charge on any atom is -0.492 e. The highest BCUT2D eigenvalue weighted by molar-refractivity contribution is 6.06. The van der Waals surface area contributed by atoms with Crippen molar-refractivity contribution in [1.82, 2.24) is 9.88 Å². The first-order valence-corrected chi connectivity index (χ1v) is 9.36. The molecule has 0 spiro atoms. The Bertz CT molecular complexity index is 989. The smallest absolute Gasteiger partial charge is 0.257 e. The van der Waals surface area contributed by atoms with Crippen molar-refractivity contribution in [2.75, 3.05) is 19.0 Å². The van der Waals surface area contributed by atoms with Gasteiger partial charge in [-0.1, -0.05) is 42.5 Å². The van der Waals surface area contributed by atoms with Crippen molar-refractivity contribution in [2.24, 2.45) is 0 Å². The molecule has 0 aliphatic carbocycles. The van der Waals surface area contributed by atoms with Gasteiger partial charge in [-0.25, -0.2) is 0 Å². The summed E-state index contributed by atoms with van der Waals surface area (Å²) in [4.78, 5) is 31.1. The molecule has 0 radical (unpaired) electrons. The molecule has 0 bridgehead atoms. The molecule has 6 heteroatoms. The number of ether oxygens (including phenoxy) is 1. The highest BCUT2D eigenvalue weighted by Crippen LogP contribution is 2.24. The molecule has 3 rings (SSSR count). The fourth-order valence-corrected chi connectivity index (χ4v) is 2.88.